The van der Waals surface area contributed by atoms with Crippen molar-refractivity contribution < 1.29 is 27.9 Å². The number of alkyl halides is 2. The van der Waals surface area contributed by atoms with Crippen molar-refractivity contribution in [3.8, 4) is 5.75 Å². The molecule has 1 heterocycles. The molecule has 1 atom stereocenters. The SMILES string of the molecule is CCN(CC(=O)NC(C)C)C(=O)[C@H]1CCCN(C(=O)c2ccccc2OC(F)F)C1. The number of nitrogens with one attached hydrogen (secondary N) is 1. The van der Waals surface area contributed by atoms with E-state index < -0.39 is 18.4 Å². The highest BCUT2D eigenvalue weighted by atomic mass is 19.3. The number of likely N-dealkylation sites (N-methyl/N-ethyl adjacent to an activating group) is 1. The highest BCUT2D eigenvalue weighted by molar-refractivity contribution is 5.97. The fraction of sp³-hybridized carbons (Fsp3) is 0.571. The molecule has 9 heteroatoms. The third-order valence-corrected chi connectivity index (χ3v) is 4.87. The van der Waals surface area contributed by atoms with Gasteiger partial charge in [-0.1, -0.05) is 12.1 Å². The lowest BCUT2D eigenvalue weighted by Gasteiger charge is -2.35. The number of rotatable bonds is 8. The smallest absolute Gasteiger partial charge is 0.387 e. The van der Waals surface area contributed by atoms with Crippen molar-refractivity contribution >= 4 is 17.7 Å². The van der Waals surface area contributed by atoms with Crippen LogP contribution in [0.3, 0.4) is 0 Å². The van der Waals surface area contributed by atoms with Crippen molar-refractivity contribution in [3.05, 3.63) is 29.8 Å². The first-order valence-corrected chi connectivity index (χ1v) is 10.1. The molecule has 0 radical (unpaired) electrons. The second-order valence-corrected chi connectivity index (χ2v) is 7.54. The van der Waals surface area contributed by atoms with E-state index in [-0.39, 0.29) is 42.3 Å². The van der Waals surface area contributed by atoms with Crippen LogP contribution in [-0.2, 0) is 9.59 Å². The van der Waals surface area contributed by atoms with Gasteiger partial charge in [-0.2, -0.15) is 8.78 Å². The number of benzene rings is 1. The van der Waals surface area contributed by atoms with E-state index in [0.717, 1.165) is 0 Å². The number of amides is 3. The Morgan fingerprint density at radius 1 is 1.27 bits per heavy atom. The summed E-state index contributed by atoms with van der Waals surface area (Å²) in [6.45, 7) is 3.37. The fourth-order valence-corrected chi connectivity index (χ4v) is 3.52. The third kappa shape index (κ3) is 6.40. The van der Waals surface area contributed by atoms with Crippen LogP contribution >= 0.6 is 0 Å². The number of piperidine rings is 1. The van der Waals surface area contributed by atoms with Gasteiger partial charge in [0.15, 0.2) is 0 Å². The molecule has 30 heavy (non-hydrogen) atoms. The minimum absolute atomic E-state index is 0.0235. The summed E-state index contributed by atoms with van der Waals surface area (Å²) >= 11 is 0. The molecule has 0 unspecified atom stereocenters. The van der Waals surface area contributed by atoms with Crippen LogP contribution in [0.5, 0.6) is 5.75 Å². The van der Waals surface area contributed by atoms with Gasteiger partial charge in [0.05, 0.1) is 18.0 Å². The normalized spacial score (nSPS) is 16.5. The zero-order valence-corrected chi connectivity index (χ0v) is 17.6. The summed E-state index contributed by atoms with van der Waals surface area (Å²) in [5, 5.41) is 2.76. The van der Waals surface area contributed by atoms with E-state index in [9.17, 15) is 23.2 Å². The highest BCUT2D eigenvalue weighted by Gasteiger charge is 2.32. The molecule has 1 aromatic rings. The number of carbonyl (C=O) groups is 3. The average Bonchev–Trinajstić information content (AvgIpc) is 2.70. The summed E-state index contributed by atoms with van der Waals surface area (Å²) in [6.07, 6.45) is 1.20. The predicted octanol–water partition coefficient (Wildman–Crippen LogP) is 2.51. The van der Waals surface area contributed by atoms with Crippen LogP contribution in [0.2, 0.25) is 0 Å². The highest BCUT2D eigenvalue weighted by Crippen LogP contribution is 2.25. The lowest BCUT2D eigenvalue weighted by atomic mass is 9.95. The zero-order valence-electron chi connectivity index (χ0n) is 17.6. The molecule has 1 aromatic carbocycles. The van der Waals surface area contributed by atoms with Gasteiger partial charge in [0.2, 0.25) is 11.8 Å². The number of hydrogen-bond donors (Lipinski definition) is 1. The first kappa shape index (κ1) is 23.6. The lowest BCUT2D eigenvalue weighted by molar-refractivity contribution is -0.140. The molecule has 0 saturated carbocycles. The molecule has 0 bridgehead atoms. The Bertz CT molecular complexity index is 758. The largest absolute Gasteiger partial charge is 0.434 e. The van der Waals surface area contributed by atoms with Crippen molar-refractivity contribution in [2.24, 2.45) is 5.92 Å². The van der Waals surface area contributed by atoms with Crippen molar-refractivity contribution in [1.82, 2.24) is 15.1 Å². The van der Waals surface area contributed by atoms with Gasteiger partial charge in [-0.05, 0) is 45.7 Å². The molecule has 1 fully saturated rings. The van der Waals surface area contributed by atoms with Gasteiger partial charge in [0.1, 0.15) is 5.75 Å². The molecule has 1 saturated heterocycles. The number of para-hydroxylation sites is 1. The molecule has 7 nitrogen and oxygen atoms in total. The van der Waals surface area contributed by atoms with Gasteiger partial charge in [0.25, 0.3) is 5.91 Å². The molecular formula is C21H29F2N3O4. The number of carbonyl (C=O) groups excluding carboxylic acids is 3. The summed E-state index contributed by atoms with van der Waals surface area (Å²) in [4.78, 5) is 40.9. The molecule has 166 valence electrons. The summed E-state index contributed by atoms with van der Waals surface area (Å²) in [6, 6.07) is 5.81. The molecule has 0 aliphatic carbocycles. The van der Waals surface area contributed by atoms with Gasteiger partial charge in [-0.3, -0.25) is 14.4 Å². The Hall–Kier alpha value is -2.71. The number of likely N-dealkylation sites (tertiary alicyclic amines) is 1. The van der Waals surface area contributed by atoms with Gasteiger partial charge >= 0.3 is 6.61 Å². The molecule has 1 N–H and O–H groups in total. The van der Waals surface area contributed by atoms with Crippen LogP contribution < -0.4 is 10.1 Å². The minimum atomic E-state index is -3.04. The van der Waals surface area contributed by atoms with E-state index in [0.29, 0.717) is 25.9 Å². The number of nitrogens with zero attached hydrogens (tertiary/aromatic N) is 2. The fourth-order valence-electron chi connectivity index (χ4n) is 3.52. The molecule has 1 aliphatic rings. The van der Waals surface area contributed by atoms with E-state index in [1.165, 1.54) is 28.0 Å². The van der Waals surface area contributed by atoms with Gasteiger partial charge < -0.3 is 19.9 Å². The molecular weight excluding hydrogens is 396 g/mol. The Labute approximate surface area is 175 Å². The van der Waals surface area contributed by atoms with Gasteiger partial charge in [0, 0.05) is 25.7 Å². The predicted molar refractivity (Wildman–Crippen MR) is 107 cm³/mol. The summed E-state index contributed by atoms with van der Waals surface area (Å²) in [5.74, 6) is -1.51. The standard InChI is InChI=1S/C21H29F2N3O4/c1-4-25(13-18(27)24-14(2)3)19(28)15-8-7-11-26(12-15)20(29)16-9-5-6-10-17(16)30-21(22)23/h5-6,9-10,14-15,21H,4,7-8,11-13H2,1-3H3,(H,24,27)/t15-/m0/s1. The van der Waals surface area contributed by atoms with E-state index in [1.54, 1.807) is 13.0 Å². The van der Waals surface area contributed by atoms with E-state index in [4.69, 9.17) is 0 Å². The maximum atomic E-state index is 13.0. The Kier molecular flexibility index (Phi) is 8.56. The molecule has 0 spiro atoms. The van der Waals surface area contributed by atoms with Crippen molar-refractivity contribution in [1.29, 1.82) is 0 Å². The zero-order chi connectivity index (χ0) is 22.3. The molecule has 2 rings (SSSR count). The average molecular weight is 425 g/mol. The molecule has 3 amide bonds. The summed E-state index contributed by atoms with van der Waals surface area (Å²) in [7, 11) is 0. The van der Waals surface area contributed by atoms with Crippen molar-refractivity contribution in [2.45, 2.75) is 46.3 Å². The Balaban J connectivity index is 2.08. The Morgan fingerprint density at radius 2 is 1.97 bits per heavy atom. The summed E-state index contributed by atoms with van der Waals surface area (Å²) in [5.41, 5.74) is 0.0366. The van der Waals surface area contributed by atoms with Crippen LogP contribution in [0, 0.1) is 5.92 Å². The van der Waals surface area contributed by atoms with Crippen LogP contribution in [-0.4, -0.2) is 66.4 Å². The summed E-state index contributed by atoms with van der Waals surface area (Å²) < 4.78 is 29.8. The van der Waals surface area contributed by atoms with Crippen LogP contribution in [0.4, 0.5) is 8.78 Å². The van der Waals surface area contributed by atoms with E-state index in [2.05, 4.69) is 10.1 Å². The van der Waals surface area contributed by atoms with Crippen LogP contribution in [0.25, 0.3) is 0 Å². The quantitative estimate of drug-likeness (QED) is 0.694. The third-order valence-electron chi connectivity index (χ3n) is 4.87. The van der Waals surface area contributed by atoms with Gasteiger partial charge in [-0.15, -0.1) is 0 Å². The maximum absolute atomic E-state index is 13.0. The molecule has 0 aromatic heterocycles. The number of hydrogen-bond acceptors (Lipinski definition) is 4. The van der Waals surface area contributed by atoms with Crippen molar-refractivity contribution in [3.63, 3.8) is 0 Å². The van der Waals surface area contributed by atoms with Crippen LogP contribution in [0.1, 0.15) is 44.0 Å². The molecule has 1 aliphatic heterocycles. The second kappa shape index (κ2) is 10.9. The monoisotopic (exact) mass is 425 g/mol. The van der Waals surface area contributed by atoms with Crippen molar-refractivity contribution in [2.75, 3.05) is 26.2 Å². The maximum Gasteiger partial charge on any atom is 0.387 e. The number of halogens is 2. The number of ether oxygens (including phenoxy) is 1. The minimum Gasteiger partial charge on any atom is -0.434 e. The Morgan fingerprint density at radius 3 is 2.60 bits per heavy atom. The topological polar surface area (TPSA) is 79.0 Å². The first-order chi connectivity index (χ1) is 14.2. The second-order valence-electron chi connectivity index (χ2n) is 7.54. The lowest BCUT2D eigenvalue weighted by Crippen LogP contribution is -2.49. The van der Waals surface area contributed by atoms with Crippen LogP contribution in [0.15, 0.2) is 24.3 Å². The first-order valence-electron chi connectivity index (χ1n) is 10.1. The van der Waals surface area contributed by atoms with E-state index in [1.807, 2.05) is 13.8 Å². The van der Waals surface area contributed by atoms with E-state index >= 15 is 0 Å². The van der Waals surface area contributed by atoms with Gasteiger partial charge in [-0.25, -0.2) is 0 Å².